The highest BCUT2D eigenvalue weighted by Gasteiger charge is 1.85. The molecule has 0 atom stereocenters. The number of benzene rings is 1. The third-order valence-corrected chi connectivity index (χ3v) is 1.12. The smallest absolute Gasteiger partial charge is 0.119 e. The summed E-state index contributed by atoms with van der Waals surface area (Å²) in [5, 5.41) is 0. The lowest BCUT2D eigenvalue weighted by Crippen LogP contribution is -1.84. The topological polar surface area (TPSA) is 35.2 Å². The Morgan fingerprint density at radius 1 is 1.22 bits per heavy atom. The van der Waals surface area contributed by atoms with E-state index in [1.165, 1.54) is 0 Å². The Morgan fingerprint density at radius 3 is 2.22 bits per heavy atom. The van der Waals surface area contributed by atoms with Crippen LogP contribution in [0.2, 0.25) is 0 Å². The van der Waals surface area contributed by atoms with Crippen LogP contribution in [0.1, 0.15) is 0 Å². The molecule has 2 heteroatoms. The highest BCUT2D eigenvalue weighted by Crippen LogP contribution is 2.11. The lowest BCUT2D eigenvalue weighted by atomic mass is 11.3. The van der Waals surface area contributed by atoms with Gasteiger partial charge in [-0.2, -0.15) is 0 Å². The van der Waals surface area contributed by atoms with Crippen molar-refractivity contribution < 1.29 is 4.74 Å². The second-order valence-corrected chi connectivity index (χ2v) is 1.77. The Labute approximate surface area is 54.2 Å². The maximum atomic E-state index is 5.43. The molecule has 0 radical (unpaired) electrons. The molecule has 0 aliphatic carbocycles. The molecule has 9 heavy (non-hydrogen) atoms. The molecule has 1 aromatic carbocycles. The second kappa shape index (κ2) is 2.40. The zero-order valence-electron chi connectivity index (χ0n) is 5.29. The van der Waals surface area contributed by atoms with Crippen LogP contribution < -0.4 is 10.5 Å². The van der Waals surface area contributed by atoms with Crippen molar-refractivity contribution in [1.29, 1.82) is 0 Å². The standard InChI is InChI=1S/C7H9NO/c1-9-7-4-2-6(8)3-5-7/h2-5H,8H2,1H3/i2+1,3+1,4+1,5+1,6+1,7+1. The quantitative estimate of drug-likeness (QED) is 0.579. The van der Waals surface area contributed by atoms with E-state index in [2.05, 4.69) is 0 Å². The fraction of sp³-hybridized carbons (Fsp3) is 0.143. The largest absolute Gasteiger partial charge is 0.497 e. The van der Waals surface area contributed by atoms with E-state index in [4.69, 9.17) is 10.5 Å². The first-order chi connectivity index (χ1) is 4.33. The highest BCUT2D eigenvalue weighted by molar-refractivity contribution is 5.41. The van der Waals surface area contributed by atoms with Crippen LogP contribution in [0.4, 0.5) is 5.69 Å². The maximum absolute atomic E-state index is 5.43. The number of methoxy groups -OCH3 is 1. The van der Waals surface area contributed by atoms with Crippen LogP contribution in [0.5, 0.6) is 5.75 Å². The fourth-order valence-electron chi connectivity index (χ4n) is 0.604. The molecule has 0 aliphatic heterocycles. The van der Waals surface area contributed by atoms with Gasteiger partial charge in [0.15, 0.2) is 0 Å². The monoisotopic (exact) mass is 129 g/mol. The van der Waals surface area contributed by atoms with Crippen LogP contribution in [0, 0.1) is 0 Å². The van der Waals surface area contributed by atoms with Gasteiger partial charge in [0.1, 0.15) is 5.75 Å². The first-order valence-electron chi connectivity index (χ1n) is 2.72. The van der Waals surface area contributed by atoms with Crippen molar-refractivity contribution in [3.63, 3.8) is 0 Å². The molecular weight excluding hydrogens is 120 g/mol. The Hall–Kier alpha value is -1.18. The Balaban J connectivity index is 2.88. The number of rotatable bonds is 1. The van der Waals surface area contributed by atoms with Crippen LogP contribution in [-0.2, 0) is 0 Å². The molecule has 0 aliphatic rings. The van der Waals surface area contributed by atoms with Crippen LogP contribution in [0.3, 0.4) is 0 Å². The van der Waals surface area contributed by atoms with Gasteiger partial charge in [-0.05, 0) is 24.3 Å². The average Bonchev–Trinajstić information content (AvgIpc) is 1.90. The summed E-state index contributed by atoms with van der Waals surface area (Å²) in [6, 6.07) is 7.27. The molecular formula is C7H9NO. The first-order valence-corrected chi connectivity index (χ1v) is 2.72. The van der Waals surface area contributed by atoms with Crippen LogP contribution in [0.15, 0.2) is 24.3 Å². The number of hydrogen-bond donors (Lipinski definition) is 1. The Morgan fingerprint density at radius 2 is 1.78 bits per heavy atom. The van der Waals surface area contributed by atoms with E-state index in [1.54, 1.807) is 19.2 Å². The predicted octanol–water partition coefficient (Wildman–Crippen LogP) is 1.28. The fourth-order valence-corrected chi connectivity index (χ4v) is 0.604. The lowest BCUT2D eigenvalue weighted by molar-refractivity contribution is 0.415. The molecule has 0 unspecified atom stereocenters. The van der Waals surface area contributed by atoms with E-state index in [0.717, 1.165) is 11.4 Å². The van der Waals surface area contributed by atoms with Gasteiger partial charge in [0.2, 0.25) is 0 Å². The van der Waals surface area contributed by atoms with Gasteiger partial charge in [0.25, 0.3) is 0 Å². The number of nitrogens with two attached hydrogens (primary N) is 1. The van der Waals surface area contributed by atoms with Crippen molar-refractivity contribution in [2.45, 2.75) is 0 Å². The summed E-state index contributed by atoms with van der Waals surface area (Å²) in [6.45, 7) is 0. The maximum Gasteiger partial charge on any atom is 0.119 e. The molecule has 0 bridgehead atoms. The number of anilines is 1. The van der Waals surface area contributed by atoms with E-state index in [-0.39, 0.29) is 0 Å². The van der Waals surface area contributed by atoms with E-state index in [9.17, 15) is 0 Å². The van der Waals surface area contributed by atoms with Gasteiger partial charge in [0, 0.05) is 5.69 Å². The van der Waals surface area contributed by atoms with Crippen LogP contribution in [-0.4, -0.2) is 7.11 Å². The third kappa shape index (κ3) is 1.35. The van der Waals surface area contributed by atoms with E-state index < -0.39 is 0 Å². The first kappa shape index (κ1) is 5.95. The molecule has 2 N–H and O–H groups in total. The average molecular weight is 129 g/mol. The van der Waals surface area contributed by atoms with Crippen LogP contribution >= 0.6 is 0 Å². The summed E-state index contributed by atoms with van der Waals surface area (Å²) in [6.07, 6.45) is 0. The van der Waals surface area contributed by atoms with Gasteiger partial charge in [-0.15, -0.1) is 0 Å². The van der Waals surface area contributed by atoms with E-state index >= 15 is 0 Å². The van der Waals surface area contributed by atoms with Gasteiger partial charge in [-0.1, -0.05) is 0 Å². The summed E-state index contributed by atoms with van der Waals surface area (Å²) in [5.41, 5.74) is 6.19. The molecule has 0 aromatic heterocycles. The van der Waals surface area contributed by atoms with E-state index in [1.807, 2.05) is 12.1 Å². The number of ether oxygens (including phenoxy) is 1. The predicted molar refractivity (Wildman–Crippen MR) is 37.4 cm³/mol. The van der Waals surface area contributed by atoms with E-state index in [0.29, 0.717) is 0 Å². The Kier molecular flexibility index (Phi) is 1.58. The normalized spacial score (nSPS) is 9.00. The molecule has 0 saturated carbocycles. The molecule has 1 rings (SSSR count). The summed E-state index contributed by atoms with van der Waals surface area (Å²) >= 11 is 0. The van der Waals surface area contributed by atoms with Crippen molar-refractivity contribution in [3.05, 3.63) is 24.3 Å². The van der Waals surface area contributed by atoms with Crippen molar-refractivity contribution >= 4 is 5.69 Å². The minimum atomic E-state index is 0.760. The van der Waals surface area contributed by atoms with Gasteiger partial charge in [0.05, 0.1) is 7.11 Å². The number of hydrogen-bond acceptors (Lipinski definition) is 2. The summed E-state index contributed by atoms with van der Waals surface area (Å²) in [7, 11) is 1.63. The SMILES string of the molecule is CO[13c]1[13cH][13cH][13c](N)[13cH][13cH]1. The summed E-state index contributed by atoms with van der Waals surface area (Å²) in [5.74, 6) is 0.837. The van der Waals surface area contributed by atoms with Gasteiger partial charge in [-0.25, -0.2) is 0 Å². The number of nitrogen functional groups attached to an aromatic ring is 1. The van der Waals surface area contributed by atoms with Crippen molar-refractivity contribution in [3.8, 4) is 5.75 Å². The highest BCUT2D eigenvalue weighted by atomic mass is 16.5. The van der Waals surface area contributed by atoms with Crippen molar-refractivity contribution in [2.24, 2.45) is 0 Å². The minimum Gasteiger partial charge on any atom is -0.497 e. The second-order valence-electron chi connectivity index (χ2n) is 1.77. The zero-order valence-corrected chi connectivity index (χ0v) is 5.29. The van der Waals surface area contributed by atoms with Crippen molar-refractivity contribution in [2.75, 3.05) is 12.8 Å². The zero-order chi connectivity index (χ0) is 6.69. The minimum absolute atomic E-state index is 0.760. The molecule has 48 valence electrons. The molecule has 0 heterocycles. The van der Waals surface area contributed by atoms with Gasteiger partial charge < -0.3 is 10.5 Å². The summed E-state index contributed by atoms with van der Waals surface area (Å²) in [4.78, 5) is 0. The third-order valence-electron chi connectivity index (χ3n) is 1.12. The molecule has 1 aromatic rings. The van der Waals surface area contributed by atoms with Gasteiger partial charge in [-0.3, -0.25) is 0 Å². The molecule has 0 saturated heterocycles. The summed E-state index contributed by atoms with van der Waals surface area (Å²) < 4.78 is 4.91. The van der Waals surface area contributed by atoms with Crippen molar-refractivity contribution in [1.82, 2.24) is 0 Å². The van der Waals surface area contributed by atoms with Crippen LogP contribution in [0.25, 0.3) is 0 Å². The molecule has 2 nitrogen and oxygen atoms in total. The molecule has 0 spiro atoms. The molecule has 0 amide bonds. The molecule has 0 fully saturated rings. The lowest BCUT2D eigenvalue weighted by Gasteiger charge is -1.97. The Bertz CT molecular complexity index is 181. The van der Waals surface area contributed by atoms with Gasteiger partial charge >= 0.3 is 0 Å².